The average molecular weight is 287 g/mol. The number of thioether (sulfide) groups is 1. The Labute approximate surface area is 95.4 Å². The first-order valence-corrected chi connectivity index (χ1v) is 5.25. The molecule has 16 heavy (non-hydrogen) atoms. The van der Waals surface area contributed by atoms with Gasteiger partial charge in [-0.05, 0) is 0 Å². The molecule has 1 N–H and O–H groups in total. The van der Waals surface area contributed by atoms with Gasteiger partial charge in [-0.25, -0.2) is 0 Å². The van der Waals surface area contributed by atoms with E-state index in [1.165, 1.54) is 0 Å². The van der Waals surface area contributed by atoms with E-state index in [0.717, 1.165) is 0 Å². The van der Waals surface area contributed by atoms with Crippen molar-refractivity contribution >= 4 is 23.4 Å². The van der Waals surface area contributed by atoms with Crippen LogP contribution in [0.3, 0.4) is 0 Å². The molecule has 1 aliphatic rings. The van der Waals surface area contributed by atoms with Crippen molar-refractivity contribution in [1.82, 2.24) is 0 Å². The van der Waals surface area contributed by atoms with E-state index in [9.17, 15) is 26.3 Å². The zero-order valence-corrected chi connectivity index (χ0v) is 8.99. The molecular formula is C7H5ClF6OS. The summed E-state index contributed by atoms with van der Waals surface area (Å²) in [6, 6.07) is 0. The fourth-order valence-corrected chi connectivity index (χ4v) is 2.32. The Morgan fingerprint density at radius 2 is 1.56 bits per heavy atom. The van der Waals surface area contributed by atoms with E-state index in [2.05, 4.69) is 0 Å². The van der Waals surface area contributed by atoms with Crippen LogP contribution >= 0.6 is 23.4 Å². The lowest BCUT2D eigenvalue weighted by atomic mass is 10.2. The summed E-state index contributed by atoms with van der Waals surface area (Å²) in [4.78, 5) is -1.58. The standard InChI is InChI=1S/C7H5ClF6OS/c8-3-4(16-2-1-15)6(11,12)7(13,14)5(3,9)10/h15H,1-2H2. The lowest BCUT2D eigenvalue weighted by molar-refractivity contribution is -0.261. The van der Waals surface area contributed by atoms with Crippen molar-refractivity contribution in [2.75, 3.05) is 12.4 Å². The maximum atomic E-state index is 13.0. The third kappa shape index (κ3) is 1.62. The van der Waals surface area contributed by atoms with Crippen molar-refractivity contribution in [2.24, 2.45) is 0 Å². The van der Waals surface area contributed by atoms with Gasteiger partial charge in [-0.15, -0.1) is 11.8 Å². The molecule has 0 bridgehead atoms. The Kier molecular flexibility index (Phi) is 3.49. The number of aliphatic hydroxyl groups is 1. The minimum atomic E-state index is -5.55. The maximum absolute atomic E-state index is 13.0. The predicted octanol–water partition coefficient (Wildman–Crippen LogP) is 3.08. The second-order valence-corrected chi connectivity index (χ2v) is 4.42. The topological polar surface area (TPSA) is 20.2 Å². The maximum Gasteiger partial charge on any atom is 0.382 e. The largest absolute Gasteiger partial charge is 0.396 e. The van der Waals surface area contributed by atoms with Gasteiger partial charge in [-0.3, -0.25) is 0 Å². The Morgan fingerprint density at radius 3 is 1.88 bits per heavy atom. The third-order valence-corrected chi connectivity index (χ3v) is 3.56. The van der Waals surface area contributed by atoms with Gasteiger partial charge in [0.25, 0.3) is 0 Å². The fraction of sp³-hybridized carbons (Fsp3) is 0.714. The number of halogens is 7. The van der Waals surface area contributed by atoms with E-state index >= 15 is 0 Å². The molecule has 0 atom stereocenters. The van der Waals surface area contributed by atoms with Crippen molar-refractivity contribution < 1.29 is 31.4 Å². The van der Waals surface area contributed by atoms with Gasteiger partial charge in [-0.1, -0.05) is 11.6 Å². The lowest BCUT2D eigenvalue weighted by Crippen LogP contribution is -2.48. The quantitative estimate of drug-likeness (QED) is 0.805. The van der Waals surface area contributed by atoms with Gasteiger partial charge >= 0.3 is 17.8 Å². The zero-order chi connectivity index (χ0) is 12.8. The number of alkyl halides is 6. The minimum Gasteiger partial charge on any atom is -0.396 e. The molecule has 0 aromatic carbocycles. The molecule has 1 rings (SSSR count). The molecule has 0 aromatic rings. The molecular weight excluding hydrogens is 282 g/mol. The molecule has 0 spiro atoms. The van der Waals surface area contributed by atoms with Crippen LogP contribution in [0, 0.1) is 0 Å². The van der Waals surface area contributed by atoms with Gasteiger partial charge in [0.15, 0.2) is 0 Å². The predicted molar refractivity (Wildman–Crippen MR) is 47.3 cm³/mol. The summed E-state index contributed by atoms with van der Waals surface area (Å²) in [5.41, 5.74) is 0. The smallest absolute Gasteiger partial charge is 0.382 e. The van der Waals surface area contributed by atoms with Crippen LogP contribution in [-0.4, -0.2) is 35.2 Å². The molecule has 1 nitrogen and oxygen atoms in total. The first-order chi connectivity index (χ1) is 7.10. The summed E-state index contributed by atoms with van der Waals surface area (Å²) in [6.07, 6.45) is 0. The highest BCUT2D eigenvalue weighted by molar-refractivity contribution is 8.03. The summed E-state index contributed by atoms with van der Waals surface area (Å²) in [5, 5.41) is 6.48. The van der Waals surface area contributed by atoms with Crippen molar-refractivity contribution in [3.63, 3.8) is 0 Å². The van der Waals surface area contributed by atoms with Gasteiger partial charge < -0.3 is 5.11 Å². The van der Waals surface area contributed by atoms with Crippen LogP contribution in [0.2, 0.25) is 0 Å². The van der Waals surface area contributed by atoms with E-state index in [4.69, 9.17) is 16.7 Å². The fourth-order valence-electron chi connectivity index (χ4n) is 1.06. The van der Waals surface area contributed by atoms with Crippen molar-refractivity contribution in [2.45, 2.75) is 17.8 Å². The average Bonchev–Trinajstić information content (AvgIpc) is 2.23. The summed E-state index contributed by atoms with van der Waals surface area (Å²) in [5.74, 6) is -16.1. The van der Waals surface area contributed by atoms with Crippen LogP contribution in [0.5, 0.6) is 0 Å². The molecule has 0 aliphatic heterocycles. The Bertz CT molecular complexity index is 329. The molecule has 0 aromatic heterocycles. The van der Waals surface area contributed by atoms with Gasteiger partial charge in [-0.2, -0.15) is 26.3 Å². The van der Waals surface area contributed by atoms with Crippen LogP contribution in [0.15, 0.2) is 9.94 Å². The summed E-state index contributed by atoms with van der Waals surface area (Å²) >= 11 is 4.83. The second kappa shape index (κ2) is 3.99. The van der Waals surface area contributed by atoms with Gasteiger partial charge in [0.2, 0.25) is 0 Å². The lowest BCUT2D eigenvalue weighted by Gasteiger charge is -2.24. The van der Waals surface area contributed by atoms with Crippen LogP contribution in [0.4, 0.5) is 26.3 Å². The summed E-state index contributed by atoms with van der Waals surface area (Å²) < 4.78 is 77.0. The van der Waals surface area contributed by atoms with Gasteiger partial charge in [0.05, 0.1) is 11.5 Å². The first kappa shape index (κ1) is 14.0. The third-order valence-electron chi connectivity index (χ3n) is 1.89. The molecule has 0 saturated carbocycles. The van der Waals surface area contributed by atoms with E-state index < -0.39 is 40.1 Å². The molecule has 0 amide bonds. The minimum absolute atomic E-state index is 0.00866. The summed E-state index contributed by atoms with van der Waals surface area (Å²) in [7, 11) is 0. The van der Waals surface area contributed by atoms with Crippen molar-refractivity contribution in [3.8, 4) is 0 Å². The molecule has 9 heteroatoms. The van der Waals surface area contributed by atoms with Crippen LogP contribution in [0.25, 0.3) is 0 Å². The monoisotopic (exact) mass is 286 g/mol. The van der Waals surface area contributed by atoms with E-state index in [0.29, 0.717) is 0 Å². The SMILES string of the molecule is OCCSC1=C(Cl)C(F)(F)C(F)(F)C1(F)F. The van der Waals surface area contributed by atoms with Crippen molar-refractivity contribution in [1.29, 1.82) is 0 Å². The number of rotatable bonds is 3. The van der Waals surface area contributed by atoms with Crippen LogP contribution in [-0.2, 0) is 0 Å². The summed E-state index contributed by atoms with van der Waals surface area (Å²) in [6.45, 7) is -0.619. The molecule has 1 aliphatic carbocycles. The Balaban J connectivity index is 3.19. The van der Waals surface area contributed by atoms with Gasteiger partial charge in [0.1, 0.15) is 5.03 Å². The van der Waals surface area contributed by atoms with E-state index in [1.807, 2.05) is 0 Å². The number of aliphatic hydroxyl groups excluding tert-OH is 1. The molecule has 0 heterocycles. The highest BCUT2D eigenvalue weighted by Gasteiger charge is 2.80. The number of hydrogen-bond donors (Lipinski definition) is 1. The molecule has 0 fully saturated rings. The van der Waals surface area contributed by atoms with Crippen molar-refractivity contribution in [3.05, 3.63) is 9.94 Å². The van der Waals surface area contributed by atoms with Crippen LogP contribution in [0.1, 0.15) is 0 Å². The Morgan fingerprint density at radius 1 is 1.06 bits per heavy atom. The number of allylic oxidation sites excluding steroid dienone is 2. The zero-order valence-electron chi connectivity index (χ0n) is 7.42. The van der Waals surface area contributed by atoms with E-state index in [1.54, 1.807) is 0 Å². The molecule has 0 unspecified atom stereocenters. The second-order valence-electron chi connectivity index (χ2n) is 2.94. The van der Waals surface area contributed by atoms with E-state index in [-0.39, 0.29) is 11.8 Å². The first-order valence-electron chi connectivity index (χ1n) is 3.88. The van der Waals surface area contributed by atoms with Gasteiger partial charge in [0, 0.05) is 5.75 Å². The highest BCUT2D eigenvalue weighted by atomic mass is 35.5. The molecule has 94 valence electrons. The van der Waals surface area contributed by atoms with Crippen LogP contribution < -0.4 is 0 Å². The molecule has 0 radical (unpaired) electrons. The number of hydrogen-bond acceptors (Lipinski definition) is 2. The molecule has 0 saturated heterocycles. The normalized spacial score (nSPS) is 26.2. The highest BCUT2D eigenvalue weighted by Crippen LogP contribution is 2.62. The Hall–Kier alpha value is -0.0800.